The molecule has 1 aromatic rings. The Morgan fingerprint density at radius 2 is 2.30 bits per heavy atom. The van der Waals surface area contributed by atoms with Crippen molar-refractivity contribution in [3.63, 3.8) is 0 Å². The SMILES string of the molecule is O=C(O)CC1(CSCC2Cc3cc(Cl)ccc3O2)CC1. The Kier molecular flexibility index (Phi) is 3.87. The van der Waals surface area contributed by atoms with Gasteiger partial charge in [-0.15, -0.1) is 0 Å². The highest BCUT2D eigenvalue weighted by atomic mass is 35.5. The molecule has 108 valence electrons. The largest absolute Gasteiger partial charge is 0.489 e. The van der Waals surface area contributed by atoms with Crippen LogP contribution in [0.4, 0.5) is 0 Å². The Morgan fingerprint density at radius 1 is 1.50 bits per heavy atom. The van der Waals surface area contributed by atoms with Crippen LogP contribution in [0.5, 0.6) is 5.75 Å². The second kappa shape index (κ2) is 5.49. The molecule has 0 spiro atoms. The van der Waals surface area contributed by atoms with Crippen molar-refractivity contribution in [2.75, 3.05) is 11.5 Å². The molecule has 0 bridgehead atoms. The lowest BCUT2D eigenvalue weighted by atomic mass is 10.1. The minimum absolute atomic E-state index is 0.0608. The molecule has 1 saturated carbocycles. The summed E-state index contributed by atoms with van der Waals surface area (Å²) in [5.41, 5.74) is 1.24. The summed E-state index contributed by atoms with van der Waals surface area (Å²) in [7, 11) is 0. The molecule has 1 heterocycles. The molecular formula is C15H17ClO3S. The van der Waals surface area contributed by atoms with Crippen LogP contribution in [-0.4, -0.2) is 28.7 Å². The zero-order valence-corrected chi connectivity index (χ0v) is 12.7. The van der Waals surface area contributed by atoms with Crippen LogP contribution in [0.1, 0.15) is 24.8 Å². The molecule has 5 heteroatoms. The minimum atomic E-state index is -0.678. The lowest BCUT2D eigenvalue weighted by Crippen LogP contribution is -2.18. The van der Waals surface area contributed by atoms with Gasteiger partial charge in [0.15, 0.2) is 0 Å². The Balaban J connectivity index is 1.46. The molecule has 3 rings (SSSR count). The summed E-state index contributed by atoms with van der Waals surface area (Å²) in [6.07, 6.45) is 3.49. The van der Waals surface area contributed by atoms with E-state index in [2.05, 4.69) is 0 Å². The van der Waals surface area contributed by atoms with Gasteiger partial charge in [-0.05, 0) is 47.8 Å². The van der Waals surface area contributed by atoms with E-state index >= 15 is 0 Å². The highest BCUT2D eigenvalue weighted by Crippen LogP contribution is 2.51. The van der Waals surface area contributed by atoms with Crippen molar-refractivity contribution in [3.8, 4) is 5.75 Å². The van der Waals surface area contributed by atoms with Gasteiger partial charge in [-0.2, -0.15) is 11.8 Å². The number of carboxylic acids is 1. The van der Waals surface area contributed by atoms with E-state index < -0.39 is 5.97 Å². The number of halogens is 1. The summed E-state index contributed by atoms with van der Waals surface area (Å²) in [6, 6.07) is 5.74. The number of hydrogen-bond acceptors (Lipinski definition) is 3. The van der Waals surface area contributed by atoms with Gasteiger partial charge in [0.1, 0.15) is 11.9 Å². The van der Waals surface area contributed by atoms with E-state index in [0.717, 1.165) is 41.5 Å². The van der Waals surface area contributed by atoms with Crippen molar-refractivity contribution in [3.05, 3.63) is 28.8 Å². The molecule has 1 N–H and O–H groups in total. The quantitative estimate of drug-likeness (QED) is 0.871. The van der Waals surface area contributed by atoms with Crippen LogP contribution in [0.15, 0.2) is 18.2 Å². The maximum absolute atomic E-state index is 10.8. The summed E-state index contributed by atoms with van der Waals surface area (Å²) >= 11 is 7.79. The maximum atomic E-state index is 10.8. The number of thioether (sulfide) groups is 1. The summed E-state index contributed by atoms with van der Waals surface area (Å²) in [6.45, 7) is 0. The molecule has 1 aliphatic heterocycles. The predicted octanol–water partition coefficient (Wildman–Crippen LogP) is 3.63. The van der Waals surface area contributed by atoms with Crippen molar-refractivity contribution >= 4 is 29.3 Å². The van der Waals surface area contributed by atoms with Gasteiger partial charge in [0.25, 0.3) is 0 Å². The Labute approximate surface area is 127 Å². The molecule has 1 atom stereocenters. The molecule has 3 nitrogen and oxygen atoms in total. The van der Waals surface area contributed by atoms with Crippen LogP contribution in [0.3, 0.4) is 0 Å². The Morgan fingerprint density at radius 3 is 3.00 bits per heavy atom. The summed E-state index contributed by atoms with van der Waals surface area (Å²) in [5.74, 6) is 2.10. The molecule has 0 amide bonds. The average Bonchev–Trinajstić information content (AvgIpc) is 2.99. The third-order valence-electron chi connectivity index (χ3n) is 3.96. The molecule has 1 aromatic carbocycles. The van der Waals surface area contributed by atoms with E-state index in [0.29, 0.717) is 6.42 Å². The fraction of sp³-hybridized carbons (Fsp3) is 0.533. The first-order valence-corrected chi connectivity index (χ1v) is 8.34. The predicted molar refractivity (Wildman–Crippen MR) is 80.8 cm³/mol. The van der Waals surface area contributed by atoms with E-state index in [1.54, 1.807) is 0 Å². The topological polar surface area (TPSA) is 46.5 Å². The third kappa shape index (κ3) is 3.23. The molecule has 1 unspecified atom stereocenters. The number of fused-ring (bicyclic) bond motifs is 1. The summed E-state index contributed by atoms with van der Waals surface area (Å²) < 4.78 is 5.88. The van der Waals surface area contributed by atoms with E-state index in [1.807, 2.05) is 30.0 Å². The molecule has 2 aliphatic rings. The van der Waals surface area contributed by atoms with Crippen molar-refractivity contribution in [2.24, 2.45) is 5.41 Å². The lowest BCUT2D eigenvalue weighted by molar-refractivity contribution is -0.138. The van der Waals surface area contributed by atoms with Crippen molar-refractivity contribution in [1.29, 1.82) is 0 Å². The van der Waals surface area contributed by atoms with Gasteiger partial charge in [-0.3, -0.25) is 4.79 Å². The van der Waals surface area contributed by atoms with Gasteiger partial charge < -0.3 is 9.84 Å². The number of carbonyl (C=O) groups is 1. The average molecular weight is 313 g/mol. The Hall–Kier alpha value is -0.870. The lowest BCUT2D eigenvalue weighted by Gasteiger charge is -2.14. The summed E-state index contributed by atoms with van der Waals surface area (Å²) in [4.78, 5) is 10.8. The molecule has 1 aliphatic carbocycles. The zero-order chi connectivity index (χ0) is 14.2. The number of carboxylic acid groups (broad SMARTS) is 1. The maximum Gasteiger partial charge on any atom is 0.303 e. The molecule has 0 aromatic heterocycles. The monoisotopic (exact) mass is 312 g/mol. The normalized spacial score (nSPS) is 22.1. The first kappa shape index (κ1) is 14.1. The molecule has 0 saturated heterocycles. The van der Waals surface area contributed by atoms with Crippen LogP contribution in [0, 0.1) is 5.41 Å². The van der Waals surface area contributed by atoms with Crippen molar-refractivity contribution in [1.82, 2.24) is 0 Å². The molecular weight excluding hydrogens is 296 g/mol. The fourth-order valence-corrected chi connectivity index (χ4v) is 4.24. The summed E-state index contributed by atoms with van der Waals surface area (Å²) in [5, 5.41) is 9.65. The molecule has 1 fully saturated rings. The second-order valence-corrected chi connectivity index (χ2v) is 7.25. The van der Waals surface area contributed by atoms with Gasteiger partial charge >= 0.3 is 5.97 Å². The van der Waals surface area contributed by atoms with E-state index in [4.69, 9.17) is 21.4 Å². The van der Waals surface area contributed by atoms with Gasteiger partial charge in [0.2, 0.25) is 0 Å². The second-order valence-electron chi connectivity index (χ2n) is 5.78. The number of aliphatic carboxylic acids is 1. The fourth-order valence-electron chi connectivity index (χ4n) is 2.66. The van der Waals surface area contributed by atoms with Crippen molar-refractivity contribution in [2.45, 2.75) is 31.8 Å². The van der Waals surface area contributed by atoms with Gasteiger partial charge in [0, 0.05) is 17.2 Å². The standard InChI is InChI=1S/C15H17ClO3S/c16-11-1-2-13-10(5-11)6-12(19-13)8-20-9-15(3-4-15)7-14(17)18/h1-2,5,12H,3-4,6-9H2,(H,17,18). The van der Waals surface area contributed by atoms with Crippen LogP contribution >= 0.6 is 23.4 Å². The van der Waals surface area contributed by atoms with Crippen LogP contribution < -0.4 is 4.74 Å². The Bertz CT molecular complexity index is 528. The van der Waals surface area contributed by atoms with E-state index in [9.17, 15) is 4.79 Å². The highest BCUT2D eigenvalue weighted by molar-refractivity contribution is 7.99. The number of hydrogen-bond donors (Lipinski definition) is 1. The number of rotatable bonds is 6. The van der Waals surface area contributed by atoms with Crippen LogP contribution in [0.2, 0.25) is 5.02 Å². The molecule has 20 heavy (non-hydrogen) atoms. The smallest absolute Gasteiger partial charge is 0.303 e. The van der Waals surface area contributed by atoms with Gasteiger partial charge in [0.05, 0.1) is 6.42 Å². The number of ether oxygens (including phenoxy) is 1. The van der Waals surface area contributed by atoms with E-state index in [-0.39, 0.29) is 11.5 Å². The van der Waals surface area contributed by atoms with Crippen LogP contribution in [0.25, 0.3) is 0 Å². The first-order valence-electron chi connectivity index (χ1n) is 6.81. The van der Waals surface area contributed by atoms with Crippen molar-refractivity contribution < 1.29 is 14.6 Å². The van der Waals surface area contributed by atoms with Gasteiger partial charge in [-0.1, -0.05) is 11.6 Å². The number of benzene rings is 1. The molecule has 0 radical (unpaired) electrons. The third-order valence-corrected chi connectivity index (χ3v) is 5.62. The van der Waals surface area contributed by atoms with Crippen LogP contribution in [-0.2, 0) is 11.2 Å². The van der Waals surface area contributed by atoms with Gasteiger partial charge in [-0.25, -0.2) is 0 Å². The zero-order valence-electron chi connectivity index (χ0n) is 11.1. The minimum Gasteiger partial charge on any atom is -0.489 e. The highest BCUT2D eigenvalue weighted by Gasteiger charge is 2.44. The first-order chi connectivity index (χ1) is 9.56. The van der Waals surface area contributed by atoms with E-state index in [1.165, 1.54) is 5.56 Å².